The Morgan fingerprint density at radius 3 is 2.65 bits per heavy atom. The first-order valence-corrected chi connectivity index (χ1v) is 7.82. The Bertz CT molecular complexity index is 473. The molecule has 3 rings (SSSR count). The van der Waals surface area contributed by atoms with Crippen molar-refractivity contribution in [3.8, 4) is 0 Å². The second kappa shape index (κ2) is 6.25. The van der Waals surface area contributed by atoms with Gasteiger partial charge >= 0.3 is 0 Å². The monoisotopic (exact) mass is 269 g/mol. The van der Waals surface area contributed by atoms with Crippen LogP contribution in [-0.4, -0.2) is 23.9 Å². The van der Waals surface area contributed by atoms with Gasteiger partial charge < -0.3 is 4.90 Å². The smallest absolute Gasteiger partial charge is 0.222 e. The van der Waals surface area contributed by atoms with Crippen LogP contribution in [0.25, 0.3) is 6.08 Å². The average molecular weight is 269 g/mol. The van der Waals surface area contributed by atoms with Gasteiger partial charge in [-0.25, -0.2) is 0 Å². The van der Waals surface area contributed by atoms with Crippen LogP contribution in [0.3, 0.4) is 0 Å². The van der Waals surface area contributed by atoms with Crippen LogP contribution < -0.4 is 0 Å². The number of benzene rings is 1. The van der Waals surface area contributed by atoms with Gasteiger partial charge in [0.05, 0.1) is 0 Å². The second-order valence-electron chi connectivity index (χ2n) is 6.10. The Morgan fingerprint density at radius 1 is 1.15 bits per heavy atom. The van der Waals surface area contributed by atoms with Gasteiger partial charge in [0.25, 0.3) is 0 Å². The van der Waals surface area contributed by atoms with Crippen LogP contribution in [-0.2, 0) is 4.79 Å². The summed E-state index contributed by atoms with van der Waals surface area (Å²) in [7, 11) is 0. The normalized spacial score (nSPS) is 25.3. The maximum absolute atomic E-state index is 12.0. The maximum Gasteiger partial charge on any atom is 0.222 e. The first-order chi connectivity index (χ1) is 9.83. The number of hydrogen-bond donors (Lipinski definition) is 0. The van der Waals surface area contributed by atoms with E-state index in [9.17, 15) is 4.79 Å². The highest BCUT2D eigenvalue weighted by Crippen LogP contribution is 2.44. The van der Waals surface area contributed by atoms with Crippen molar-refractivity contribution in [3.63, 3.8) is 0 Å². The largest absolute Gasteiger partial charge is 0.343 e. The van der Waals surface area contributed by atoms with Gasteiger partial charge in [-0.1, -0.05) is 42.5 Å². The SMILES string of the molecule is O=C(CC1CC1CC=Cc1ccccc1)N1CCCC1. The van der Waals surface area contributed by atoms with Crippen molar-refractivity contribution in [2.75, 3.05) is 13.1 Å². The number of rotatable bonds is 5. The molecule has 1 heterocycles. The van der Waals surface area contributed by atoms with E-state index in [1.807, 2.05) is 6.07 Å². The molecule has 0 aromatic heterocycles. The molecular formula is C18H23NO. The Balaban J connectivity index is 1.39. The Labute approximate surface area is 121 Å². The van der Waals surface area contributed by atoms with E-state index in [1.165, 1.54) is 24.8 Å². The molecule has 0 N–H and O–H groups in total. The fourth-order valence-corrected chi connectivity index (χ4v) is 3.11. The predicted octanol–water partition coefficient (Wildman–Crippen LogP) is 3.74. The van der Waals surface area contributed by atoms with Crippen molar-refractivity contribution in [3.05, 3.63) is 42.0 Å². The third-order valence-electron chi connectivity index (χ3n) is 4.51. The first kappa shape index (κ1) is 13.4. The van der Waals surface area contributed by atoms with Crippen molar-refractivity contribution in [2.45, 2.75) is 32.1 Å². The molecule has 2 atom stereocenters. The van der Waals surface area contributed by atoms with Gasteiger partial charge in [0.1, 0.15) is 0 Å². The third-order valence-corrected chi connectivity index (χ3v) is 4.51. The molecule has 1 aliphatic heterocycles. The lowest BCUT2D eigenvalue weighted by Gasteiger charge is -2.14. The highest BCUT2D eigenvalue weighted by Gasteiger charge is 2.38. The highest BCUT2D eigenvalue weighted by molar-refractivity contribution is 5.77. The molecule has 2 heteroatoms. The molecule has 2 unspecified atom stereocenters. The number of allylic oxidation sites excluding steroid dienone is 1. The minimum Gasteiger partial charge on any atom is -0.343 e. The Morgan fingerprint density at radius 2 is 1.90 bits per heavy atom. The summed E-state index contributed by atoms with van der Waals surface area (Å²) in [6.45, 7) is 1.98. The zero-order valence-electron chi connectivity index (χ0n) is 12.0. The summed E-state index contributed by atoms with van der Waals surface area (Å²) in [4.78, 5) is 14.1. The van der Waals surface area contributed by atoms with Gasteiger partial charge in [0, 0.05) is 19.5 Å². The quantitative estimate of drug-likeness (QED) is 0.797. The molecule has 1 saturated heterocycles. The molecule has 0 spiro atoms. The fraction of sp³-hybridized carbons (Fsp3) is 0.500. The number of hydrogen-bond acceptors (Lipinski definition) is 1. The number of amides is 1. The molecule has 20 heavy (non-hydrogen) atoms. The molecular weight excluding hydrogens is 246 g/mol. The van der Waals surface area contributed by atoms with Crippen LogP contribution in [0.15, 0.2) is 36.4 Å². The molecule has 1 saturated carbocycles. The lowest BCUT2D eigenvalue weighted by atomic mass is 10.1. The van der Waals surface area contributed by atoms with Crippen LogP contribution in [0.2, 0.25) is 0 Å². The second-order valence-corrected chi connectivity index (χ2v) is 6.10. The summed E-state index contributed by atoms with van der Waals surface area (Å²) in [5, 5.41) is 0. The molecule has 2 aliphatic rings. The summed E-state index contributed by atoms with van der Waals surface area (Å²) in [6.07, 6.45) is 9.98. The van der Waals surface area contributed by atoms with Crippen LogP contribution in [0.5, 0.6) is 0 Å². The van der Waals surface area contributed by atoms with Crippen molar-refractivity contribution in [1.29, 1.82) is 0 Å². The van der Waals surface area contributed by atoms with E-state index in [1.54, 1.807) is 0 Å². The standard InChI is InChI=1S/C18H23NO/c20-18(19-11-4-5-12-19)14-17-13-16(17)10-6-9-15-7-2-1-3-8-15/h1-3,6-9,16-17H,4-5,10-14H2. The molecule has 1 aromatic carbocycles. The summed E-state index contributed by atoms with van der Waals surface area (Å²) in [6, 6.07) is 10.4. The number of carbonyl (C=O) groups excluding carboxylic acids is 1. The number of likely N-dealkylation sites (tertiary alicyclic amines) is 1. The lowest BCUT2D eigenvalue weighted by Crippen LogP contribution is -2.27. The summed E-state index contributed by atoms with van der Waals surface area (Å²) in [5.41, 5.74) is 1.26. The van der Waals surface area contributed by atoms with E-state index < -0.39 is 0 Å². The molecule has 2 nitrogen and oxygen atoms in total. The van der Waals surface area contributed by atoms with E-state index in [0.29, 0.717) is 11.8 Å². The minimum atomic E-state index is 0.391. The summed E-state index contributed by atoms with van der Waals surface area (Å²) < 4.78 is 0. The predicted molar refractivity (Wildman–Crippen MR) is 82.1 cm³/mol. The van der Waals surface area contributed by atoms with Crippen molar-refractivity contribution < 1.29 is 4.79 Å². The van der Waals surface area contributed by atoms with E-state index >= 15 is 0 Å². The zero-order chi connectivity index (χ0) is 13.8. The summed E-state index contributed by atoms with van der Waals surface area (Å²) in [5.74, 6) is 1.77. The molecule has 1 aromatic rings. The van der Waals surface area contributed by atoms with E-state index in [-0.39, 0.29) is 0 Å². The fourth-order valence-electron chi connectivity index (χ4n) is 3.11. The Hall–Kier alpha value is -1.57. The zero-order valence-corrected chi connectivity index (χ0v) is 12.0. The molecule has 106 valence electrons. The van der Waals surface area contributed by atoms with Crippen molar-refractivity contribution in [2.24, 2.45) is 11.8 Å². The van der Waals surface area contributed by atoms with Gasteiger partial charge in [0.15, 0.2) is 0 Å². The molecule has 0 radical (unpaired) electrons. The van der Waals surface area contributed by atoms with Crippen LogP contribution in [0.1, 0.15) is 37.7 Å². The van der Waals surface area contributed by atoms with Crippen molar-refractivity contribution >= 4 is 12.0 Å². The number of carbonyl (C=O) groups is 1. The van der Waals surface area contributed by atoms with Crippen LogP contribution in [0, 0.1) is 11.8 Å². The number of nitrogens with zero attached hydrogens (tertiary/aromatic N) is 1. The van der Waals surface area contributed by atoms with Gasteiger partial charge in [-0.05, 0) is 43.1 Å². The maximum atomic E-state index is 12.0. The van der Waals surface area contributed by atoms with Gasteiger partial charge in [-0.3, -0.25) is 4.79 Å². The third kappa shape index (κ3) is 3.50. The van der Waals surface area contributed by atoms with Crippen LogP contribution in [0.4, 0.5) is 0 Å². The summed E-state index contributed by atoms with van der Waals surface area (Å²) >= 11 is 0. The Kier molecular flexibility index (Phi) is 4.19. The van der Waals surface area contributed by atoms with E-state index in [2.05, 4.69) is 41.3 Å². The minimum absolute atomic E-state index is 0.391. The van der Waals surface area contributed by atoms with Gasteiger partial charge in [0.2, 0.25) is 5.91 Å². The molecule has 1 amide bonds. The van der Waals surface area contributed by atoms with Crippen LogP contribution >= 0.6 is 0 Å². The van der Waals surface area contributed by atoms with E-state index in [4.69, 9.17) is 0 Å². The lowest BCUT2D eigenvalue weighted by molar-refractivity contribution is -0.130. The van der Waals surface area contributed by atoms with Gasteiger partial charge in [-0.15, -0.1) is 0 Å². The molecule has 2 fully saturated rings. The van der Waals surface area contributed by atoms with E-state index in [0.717, 1.165) is 31.8 Å². The first-order valence-electron chi connectivity index (χ1n) is 7.82. The van der Waals surface area contributed by atoms with Gasteiger partial charge in [-0.2, -0.15) is 0 Å². The average Bonchev–Trinajstić information content (AvgIpc) is 2.99. The molecule has 1 aliphatic carbocycles. The molecule has 0 bridgehead atoms. The topological polar surface area (TPSA) is 20.3 Å². The van der Waals surface area contributed by atoms with Crippen molar-refractivity contribution in [1.82, 2.24) is 4.90 Å². The highest BCUT2D eigenvalue weighted by atomic mass is 16.2.